The number of ether oxygens (including phenoxy) is 4. The van der Waals surface area contributed by atoms with Crippen molar-refractivity contribution in [1.82, 2.24) is 0 Å². The van der Waals surface area contributed by atoms with Gasteiger partial charge in [-0.05, 0) is 105 Å². The van der Waals surface area contributed by atoms with E-state index in [0.29, 0.717) is 24.7 Å². The summed E-state index contributed by atoms with van der Waals surface area (Å²) in [6.45, 7) is 15.5. The maximum Gasteiger partial charge on any atom is 0.315 e. The number of carbonyl (C=O) groups excluding carboxylic acids is 1. The topological polar surface area (TPSA) is 196 Å². The SMILES string of the molecule is CC1=C(C)[C@H]2C3=CC[C@@H]4[C@@]5(C)CC[C@H](O[C@@H]6OC[C@H](O)[C@H](O)[C@H]6O)C(C)(C)[C@@H]5CC[C@@]4(C)[C@]3(C)CC[C@@]2(C(=O)O[C@@H]2O[C@H](CO)[C@@H](O)[C@H](O)[C@H]2O)CC1. The molecule has 5 aliphatic carbocycles. The van der Waals surface area contributed by atoms with Gasteiger partial charge in [0.05, 0.1) is 24.7 Å². The Labute approximate surface area is 313 Å². The van der Waals surface area contributed by atoms with Crippen molar-refractivity contribution < 1.29 is 59.5 Å². The second-order valence-electron chi connectivity index (χ2n) is 19.2. The van der Waals surface area contributed by atoms with Crippen molar-refractivity contribution in [3.63, 3.8) is 0 Å². The summed E-state index contributed by atoms with van der Waals surface area (Å²) >= 11 is 0. The molecule has 12 heteroatoms. The van der Waals surface area contributed by atoms with Gasteiger partial charge in [0.2, 0.25) is 6.29 Å². The maximum atomic E-state index is 14.6. The third-order valence-electron chi connectivity index (χ3n) is 16.7. The van der Waals surface area contributed by atoms with Crippen molar-refractivity contribution in [2.24, 2.45) is 44.8 Å². The van der Waals surface area contributed by atoms with E-state index in [1.807, 2.05) is 0 Å². The molecule has 0 bridgehead atoms. The first kappa shape index (κ1) is 39.8. The van der Waals surface area contributed by atoms with E-state index in [1.54, 1.807) is 0 Å². The molecule has 300 valence electrons. The van der Waals surface area contributed by atoms with Crippen LogP contribution in [0.5, 0.6) is 0 Å². The van der Waals surface area contributed by atoms with Crippen LogP contribution >= 0.6 is 0 Å². The van der Waals surface area contributed by atoms with Gasteiger partial charge in [-0.25, -0.2) is 0 Å². The molecule has 0 radical (unpaired) electrons. The minimum absolute atomic E-state index is 0.00686. The van der Waals surface area contributed by atoms with Gasteiger partial charge in [-0.3, -0.25) is 4.79 Å². The minimum Gasteiger partial charge on any atom is -0.432 e. The molecular formula is C41H64O12. The van der Waals surface area contributed by atoms with Gasteiger partial charge in [0.1, 0.15) is 42.7 Å². The zero-order valence-electron chi connectivity index (χ0n) is 32.5. The molecule has 5 fully saturated rings. The molecule has 7 aliphatic rings. The average molecular weight is 749 g/mol. The molecule has 3 saturated carbocycles. The fourth-order valence-corrected chi connectivity index (χ4v) is 13.1. The van der Waals surface area contributed by atoms with Gasteiger partial charge in [0.25, 0.3) is 0 Å². The summed E-state index contributed by atoms with van der Waals surface area (Å²) in [7, 11) is 0. The number of hydrogen-bond acceptors (Lipinski definition) is 12. The maximum absolute atomic E-state index is 14.6. The smallest absolute Gasteiger partial charge is 0.315 e. The van der Waals surface area contributed by atoms with E-state index in [9.17, 15) is 40.5 Å². The lowest BCUT2D eigenvalue weighted by atomic mass is 9.34. The number of fused-ring (bicyclic) bond motifs is 7. The first-order valence-corrected chi connectivity index (χ1v) is 20.0. The third kappa shape index (κ3) is 5.70. The van der Waals surface area contributed by atoms with E-state index in [2.05, 4.69) is 54.5 Å². The van der Waals surface area contributed by atoms with Gasteiger partial charge in [-0.15, -0.1) is 0 Å². The van der Waals surface area contributed by atoms with Crippen LogP contribution in [0.2, 0.25) is 0 Å². The second-order valence-corrected chi connectivity index (χ2v) is 19.2. The number of aliphatic hydroxyl groups excluding tert-OH is 7. The summed E-state index contributed by atoms with van der Waals surface area (Å²) in [5.41, 5.74) is 2.35. The fourth-order valence-electron chi connectivity index (χ4n) is 13.1. The van der Waals surface area contributed by atoms with Crippen molar-refractivity contribution in [2.75, 3.05) is 13.2 Å². The predicted molar refractivity (Wildman–Crippen MR) is 192 cm³/mol. The largest absolute Gasteiger partial charge is 0.432 e. The number of carbonyl (C=O) groups is 1. The van der Waals surface area contributed by atoms with Crippen molar-refractivity contribution >= 4 is 5.97 Å². The predicted octanol–water partition coefficient (Wildman–Crippen LogP) is 2.88. The number of hydrogen-bond donors (Lipinski definition) is 7. The molecule has 0 aromatic rings. The molecule has 12 nitrogen and oxygen atoms in total. The Morgan fingerprint density at radius 2 is 1.53 bits per heavy atom. The molecular weight excluding hydrogens is 684 g/mol. The van der Waals surface area contributed by atoms with Crippen LogP contribution in [-0.2, 0) is 23.7 Å². The van der Waals surface area contributed by atoms with Gasteiger partial charge < -0.3 is 54.7 Å². The lowest BCUT2D eigenvalue weighted by Crippen LogP contribution is -2.65. The van der Waals surface area contributed by atoms with Crippen LogP contribution < -0.4 is 0 Å². The zero-order chi connectivity index (χ0) is 38.6. The van der Waals surface area contributed by atoms with E-state index in [0.717, 1.165) is 44.9 Å². The quantitative estimate of drug-likeness (QED) is 0.124. The first-order valence-electron chi connectivity index (χ1n) is 20.0. The summed E-state index contributed by atoms with van der Waals surface area (Å²) in [4.78, 5) is 14.6. The fraction of sp³-hybridized carbons (Fsp3) is 0.878. The Morgan fingerprint density at radius 3 is 2.23 bits per heavy atom. The highest BCUT2D eigenvalue weighted by atomic mass is 16.7. The van der Waals surface area contributed by atoms with Crippen molar-refractivity contribution in [3.05, 3.63) is 22.8 Å². The summed E-state index contributed by atoms with van der Waals surface area (Å²) in [6, 6.07) is 0. The molecule has 0 amide bonds. The number of allylic oxidation sites excluding steroid dienone is 4. The van der Waals surface area contributed by atoms with Crippen LogP contribution in [-0.4, -0.2) is 116 Å². The van der Waals surface area contributed by atoms with Crippen LogP contribution in [0.25, 0.3) is 0 Å². The zero-order valence-corrected chi connectivity index (χ0v) is 32.5. The van der Waals surface area contributed by atoms with E-state index in [-0.39, 0.29) is 40.3 Å². The Morgan fingerprint density at radius 1 is 0.830 bits per heavy atom. The Balaban J connectivity index is 1.17. The molecule has 2 heterocycles. The Hall–Kier alpha value is -1.45. The Kier molecular flexibility index (Phi) is 10.2. The summed E-state index contributed by atoms with van der Waals surface area (Å²) in [6.07, 6.45) is -2.73. The number of esters is 1. The lowest BCUT2D eigenvalue weighted by molar-refractivity contribution is -0.308. The minimum atomic E-state index is -1.66. The Bertz CT molecular complexity index is 1490. The van der Waals surface area contributed by atoms with Crippen LogP contribution in [0.15, 0.2) is 22.8 Å². The van der Waals surface area contributed by atoms with Crippen LogP contribution in [0.1, 0.15) is 106 Å². The molecule has 0 spiro atoms. The number of aliphatic hydroxyl groups is 7. The molecule has 0 unspecified atom stereocenters. The third-order valence-corrected chi connectivity index (χ3v) is 16.7. The molecule has 0 aromatic heterocycles. The summed E-state index contributed by atoms with van der Waals surface area (Å²) in [5, 5.41) is 72.3. The van der Waals surface area contributed by atoms with Gasteiger partial charge in [0, 0.05) is 5.92 Å². The molecule has 2 saturated heterocycles. The van der Waals surface area contributed by atoms with E-state index < -0.39 is 73.3 Å². The van der Waals surface area contributed by atoms with Crippen molar-refractivity contribution in [1.29, 1.82) is 0 Å². The number of rotatable bonds is 5. The highest BCUT2D eigenvalue weighted by molar-refractivity contribution is 5.80. The molecule has 0 aromatic carbocycles. The summed E-state index contributed by atoms with van der Waals surface area (Å²) in [5.74, 6) is 0.0425. The van der Waals surface area contributed by atoms with E-state index in [4.69, 9.17) is 18.9 Å². The lowest BCUT2D eigenvalue weighted by Gasteiger charge is -2.71. The molecule has 7 N–H and O–H groups in total. The monoisotopic (exact) mass is 748 g/mol. The van der Waals surface area contributed by atoms with Crippen molar-refractivity contribution in [2.45, 2.75) is 168 Å². The highest BCUT2D eigenvalue weighted by Gasteiger charge is 2.69. The molecule has 2 aliphatic heterocycles. The van der Waals surface area contributed by atoms with Gasteiger partial charge in [-0.1, -0.05) is 57.4 Å². The van der Waals surface area contributed by atoms with Gasteiger partial charge in [-0.2, -0.15) is 0 Å². The van der Waals surface area contributed by atoms with E-state index >= 15 is 0 Å². The normalized spacial score (nSPS) is 52.3. The molecule has 7 rings (SSSR count). The van der Waals surface area contributed by atoms with Gasteiger partial charge >= 0.3 is 5.97 Å². The van der Waals surface area contributed by atoms with Crippen LogP contribution in [0.3, 0.4) is 0 Å². The van der Waals surface area contributed by atoms with Crippen LogP contribution in [0.4, 0.5) is 0 Å². The standard InChI is InChI=1S/C41H64O12/c1-20-10-15-41(36(49)53-35-33(48)31(46)30(45)24(18-42)51-35)17-16-39(6)22(28(41)21(20)2)8-9-26-38(5)13-12-27(37(3,4)25(38)11-14-40(26,39)7)52-34-32(47)29(44)23(43)19-50-34/h8,23-35,42-48H,9-19H2,1-7H3/t23-,24+,25-,26+,27-,28-,29-,30+,31-,32+,33+,34-,35-,38-,39+,40+,41-/m0/s1. The van der Waals surface area contributed by atoms with Crippen LogP contribution in [0, 0.1) is 44.8 Å². The summed E-state index contributed by atoms with van der Waals surface area (Å²) < 4.78 is 23.8. The molecule has 17 atom stereocenters. The van der Waals surface area contributed by atoms with Gasteiger partial charge in [0.15, 0.2) is 6.29 Å². The average Bonchev–Trinajstić information content (AvgIpc) is 3.11. The van der Waals surface area contributed by atoms with E-state index in [1.165, 1.54) is 16.7 Å². The van der Waals surface area contributed by atoms with Crippen molar-refractivity contribution in [3.8, 4) is 0 Å². The first-order chi connectivity index (χ1) is 24.8. The second kappa shape index (κ2) is 13.6. The molecule has 53 heavy (non-hydrogen) atoms. The highest BCUT2D eigenvalue weighted by Crippen LogP contribution is 2.75.